The van der Waals surface area contributed by atoms with Crippen molar-refractivity contribution in [2.75, 3.05) is 13.1 Å². The Morgan fingerprint density at radius 2 is 2.23 bits per heavy atom. The van der Waals surface area contributed by atoms with E-state index in [2.05, 4.69) is 15.7 Å². The number of β-amino-alcohol motifs (C(OH)–C–C–N with tert-alkyl or cyclic N) is 1. The van der Waals surface area contributed by atoms with Crippen LogP contribution in [0, 0.1) is 0 Å². The predicted octanol–water partition coefficient (Wildman–Crippen LogP) is 0.254. The van der Waals surface area contributed by atoms with E-state index >= 15 is 0 Å². The minimum Gasteiger partial charge on any atom is -0.392 e. The van der Waals surface area contributed by atoms with Crippen LogP contribution in [0.5, 0.6) is 0 Å². The third-order valence-electron chi connectivity index (χ3n) is 3.84. The summed E-state index contributed by atoms with van der Waals surface area (Å²) < 4.78 is 1.81. The van der Waals surface area contributed by atoms with E-state index in [1.807, 2.05) is 41.2 Å². The van der Waals surface area contributed by atoms with Gasteiger partial charge in [-0.15, -0.1) is 0 Å². The van der Waals surface area contributed by atoms with Crippen molar-refractivity contribution in [2.24, 2.45) is 0 Å². The summed E-state index contributed by atoms with van der Waals surface area (Å²) in [7, 11) is 0. The van der Waals surface area contributed by atoms with E-state index in [4.69, 9.17) is 0 Å². The van der Waals surface area contributed by atoms with Gasteiger partial charge in [0.2, 0.25) is 5.91 Å². The van der Waals surface area contributed by atoms with Crippen LogP contribution in [-0.4, -0.2) is 46.0 Å². The molecule has 1 fully saturated rings. The van der Waals surface area contributed by atoms with E-state index in [1.54, 1.807) is 6.20 Å². The Bertz CT molecular complexity index is 610. The first kappa shape index (κ1) is 14.7. The van der Waals surface area contributed by atoms with Crippen molar-refractivity contribution in [3.8, 4) is 5.69 Å². The number of carbonyl (C=O) groups is 1. The second kappa shape index (κ2) is 6.72. The fourth-order valence-electron chi connectivity index (χ4n) is 2.61. The smallest absolute Gasteiger partial charge is 0.237 e. The van der Waals surface area contributed by atoms with Crippen molar-refractivity contribution in [1.82, 2.24) is 20.4 Å². The second-order valence-electron chi connectivity index (χ2n) is 5.51. The SMILES string of the molecule is O=C(NCCc1ccc(-n2cccn2)cc1)[C@H]1C[C@H](O)CN1. The molecule has 1 amide bonds. The number of carbonyl (C=O) groups excluding carboxylic acids is 1. The second-order valence-corrected chi connectivity index (χ2v) is 5.51. The number of hydrogen-bond acceptors (Lipinski definition) is 4. The van der Waals surface area contributed by atoms with Gasteiger partial charge in [0.15, 0.2) is 0 Å². The Labute approximate surface area is 129 Å². The Morgan fingerprint density at radius 1 is 1.41 bits per heavy atom. The summed E-state index contributed by atoms with van der Waals surface area (Å²) in [4.78, 5) is 11.9. The molecule has 6 heteroatoms. The molecule has 2 aromatic rings. The molecule has 0 unspecified atom stereocenters. The zero-order valence-electron chi connectivity index (χ0n) is 12.3. The molecule has 1 aromatic carbocycles. The molecule has 0 radical (unpaired) electrons. The van der Waals surface area contributed by atoms with E-state index in [1.165, 1.54) is 0 Å². The molecule has 3 rings (SSSR count). The number of amides is 1. The highest BCUT2D eigenvalue weighted by atomic mass is 16.3. The van der Waals surface area contributed by atoms with Gasteiger partial charge < -0.3 is 15.7 Å². The summed E-state index contributed by atoms with van der Waals surface area (Å²) in [6, 6.07) is 9.73. The molecule has 116 valence electrons. The lowest BCUT2D eigenvalue weighted by Gasteiger charge is -2.11. The van der Waals surface area contributed by atoms with E-state index in [9.17, 15) is 9.90 Å². The lowest BCUT2D eigenvalue weighted by atomic mass is 10.1. The fraction of sp³-hybridized carbons (Fsp3) is 0.375. The van der Waals surface area contributed by atoms with Gasteiger partial charge in [-0.05, 0) is 36.6 Å². The molecular weight excluding hydrogens is 280 g/mol. The number of aromatic nitrogens is 2. The number of aliphatic hydroxyl groups excluding tert-OH is 1. The Morgan fingerprint density at radius 3 is 2.86 bits per heavy atom. The first-order valence-corrected chi connectivity index (χ1v) is 7.50. The van der Waals surface area contributed by atoms with E-state index in [0.717, 1.165) is 17.7 Å². The normalized spacial score (nSPS) is 21.0. The lowest BCUT2D eigenvalue weighted by molar-refractivity contribution is -0.122. The van der Waals surface area contributed by atoms with Crippen LogP contribution in [0.3, 0.4) is 0 Å². The van der Waals surface area contributed by atoms with Crippen molar-refractivity contribution >= 4 is 5.91 Å². The van der Waals surface area contributed by atoms with Gasteiger partial charge in [0, 0.05) is 25.5 Å². The van der Waals surface area contributed by atoms with Crippen molar-refractivity contribution < 1.29 is 9.90 Å². The first-order valence-electron chi connectivity index (χ1n) is 7.50. The molecule has 22 heavy (non-hydrogen) atoms. The van der Waals surface area contributed by atoms with Crippen molar-refractivity contribution in [2.45, 2.75) is 25.0 Å². The van der Waals surface area contributed by atoms with Gasteiger partial charge in [-0.25, -0.2) is 4.68 Å². The minimum atomic E-state index is -0.411. The Balaban J connectivity index is 1.46. The molecule has 1 saturated heterocycles. The van der Waals surface area contributed by atoms with Crippen LogP contribution >= 0.6 is 0 Å². The van der Waals surface area contributed by atoms with Gasteiger partial charge >= 0.3 is 0 Å². The molecule has 0 aliphatic carbocycles. The van der Waals surface area contributed by atoms with Gasteiger partial charge in [-0.2, -0.15) is 5.10 Å². The number of nitrogens with one attached hydrogen (secondary N) is 2. The largest absolute Gasteiger partial charge is 0.392 e. The molecular formula is C16H20N4O2. The van der Waals surface area contributed by atoms with Crippen LogP contribution in [0.2, 0.25) is 0 Å². The van der Waals surface area contributed by atoms with Gasteiger partial charge in [0.05, 0.1) is 17.8 Å². The monoisotopic (exact) mass is 300 g/mol. The Hall–Kier alpha value is -2.18. The molecule has 0 saturated carbocycles. The highest BCUT2D eigenvalue weighted by molar-refractivity contribution is 5.82. The molecule has 0 bridgehead atoms. The average Bonchev–Trinajstić information content (AvgIpc) is 3.19. The third kappa shape index (κ3) is 3.52. The molecule has 2 heterocycles. The number of hydrogen-bond donors (Lipinski definition) is 3. The summed E-state index contributed by atoms with van der Waals surface area (Å²) >= 11 is 0. The maximum atomic E-state index is 11.9. The topological polar surface area (TPSA) is 79.2 Å². The quantitative estimate of drug-likeness (QED) is 0.740. The average molecular weight is 300 g/mol. The third-order valence-corrected chi connectivity index (χ3v) is 3.84. The number of rotatable bonds is 5. The maximum absolute atomic E-state index is 11.9. The van der Waals surface area contributed by atoms with Crippen LogP contribution < -0.4 is 10.6 Å². The van der Waals surface area contributed by atoms with Gasteiger partial charge in [0.1, 0.15) is 0 Å². The van der Waals surface area contributed by atoms with Crippen LogP contribution in [0.1, 0.15) is 12.0 Å². The fourth-order valence-corrected chi connectivity index (χ4v) is 2.61. The van der Waals surface area contributed by atoms with E-state index in [0.29, 0.717) is 19.5 Å². The molecule has 2 atom stereocenters. The minimum absolute atomic E-state index is 0.0373. The molecule has 0 spiro atoms. The summed E-state index contributed by atoms with van der Waals surface area (Å²) in [5, 5.41) is 19.5. The summed E-state index contributed by atoms with van der Waals surface area (Å²) in [6.45, 7) is 1.08. The zero-order chi connectivity index (χ0) is 15.4. The van der Waals surface area contributed by atoms with Gasteiger partial charge in [-0.3, -0.25) is 4.79 Å². The van der Waals surface area contributed by atoms with Gasteiger partial charge in [0.25, 0.3) is 0 Å². The highest BCUT2D eigenvalue weighted by Crippen LogP contribution is 2.09. The van der Waals surface area contributed by atoms with E-state index in [-0.39, 0.29) is 11.9 Å². The van der Waals surface area contributed by atoms with Crippen molar-refractivity contribution in [3.05, 3.63) is 48.3 Å². The summed E-state index contributed by atoms with van der Waals surface area (Å²) in [5.41, 5.74) is 2.18. The van der Waals surface area contributed by atoms with Crippen LogP contribution in [-0.2, 0) is 11.2 Å². The number of nitrogens with zero attached hydrogens (tertiary/aromatic N) is 2. The number of aliphatic hydroxyl groups is 1. The first-order chi connectivity index (χ1) is 10.7. The molecule has 1 aliphatic rings. The standard InChI is InChI=1S/C16H20N4O2/c21-14-10-15(18-11-14)16(22)17-8-6-12-2-4-13(5-3-12)20-9-1-7-19-20/h1-5,7,9,14-15,18,21H,6,8,10-11H2,(H,17,22)/t14-,15+/m0/s1. The molecule has 3 N–H and O–H groups in total. The molecule has 1 aliphatic heterocycles. The molecule has 6 nitrogen and oxygen atoms in total. The summed E-state index contributed by atoms with van der Waals surface area (Å²) in [6.07, 6.45) is 4.51. The van der Waals surface area contributed by atoms with Crippen LogP contribution in [0.4, 0.5) is 0 Å². The molecule has 1 aromatic heterocycles. The van der Waals surface area contributed by atoms with E-state index < -0.39 is 6.10 Å². The summed E-state index contributed by atoms with van der Waals surface area (Å²) in [5.74, 6) is -0.0373. The van der Waals surface area contributed by atoms with Gasteiger partial charge in [-0.1, -0.05) is 12.1 Å². The number of benzene rings is 1. The predicted molar refractivity (Wildman–Crippen MR) is 82.7 cm³/mol. The zero-order valence-corrected chi connectivity index (χ0v) is 12.3. The Kier molecular flexibility index (Phi) is 4.50. The van der Waals surface area contributed by atoms with Crippen LogP contribution in [0.15, 0.2) is 42.7 Å². The highest BCUT2D eigenvalue weighted by Gasteiger charge is 2.27. The van der Waals surface area contributed by atoms with Crippen LogP contribution in [0.25, 0.3) is 5.69 Å². The van der Waals surface area contributed by atoms with Crippen molar-refractivity contribution in [1.29, 1.82) is 0 Å². The maximum Gasteiger partial charge on any atom is 0.237 e. The van der Waals surface area contributed by atoms with Crippen molar-refractivity contribution in [3.63, 3.8) is 0 Å². The lowest BCUT2D eigenvalue weighted by Crippen LogP contribution is -2.41.